The van der Waals surface area contributed by atoms with Crippen molar-refractivity contribution in [1.82, 2.24) is 14.9 Å². The summed E-state index contributed by atoms with van der Waals surface area (Å²) in [5.41, 5.74) is -1.88. The Morgan fingerprint density at radius 2 is 1.91 bits per heavy atom. The fraction of sp³-hybridized carbons (Fsp3) is 0.458. The van der Waals surface area contributed by atoms with E-state index in [4.69, 9.17) is 4.74 Å². The maximum Gasteiger partial charge on any atom is 0.418 e. The number of nitrogens with one attached hydrogen (secondary N) is 1. The molecule has 10 heteroatoms. The largest absolute Gasteiger partial charge is 0.492 e. The first-order valence-electron chi connectivity index (χ1n) is 11.0. The normalized spacial score (nSPS) is 23.6. The van der Waals surface area contributed by atoms with Crippen molar-refractivity contribution in [3.63, 3.8) is 0 Å². The van der Waals surface area contributed by atoms with Crippen molar-refractivity contribution in [3.8, 4) is 5.75 Å². The van der Waals surface area contributed by atoms with Crippen molar-refractivity contribution < 1.29 is 31.8 Å². The van der Waals surface area contributed by atoms with Crippen molar-refractivity contribution in [2.45, 2.75) is 63.5 Å². The zero-order valence-corrected chi connectivity index (χ0v) is 19.0. The summed E-state index contributed by atoms with van der Waals surface area (Å²) in [5, 5.41) is 14.4. The van der Waals surface area contributed by atoms with Crippen LogP contribution >= 0.6 is 0 Å². The number of aliphatic hydroxyl groups is 1. The fourth-order valence-corrected chi connectivity index (χ4v) is 4.68. The lowest BCUT2D eigenvalue weighted by atomic mass is 9.79. The molecule has 1 aliphatic heterocycles. The lowest BCUT2D eigenvalue weighted by molar-refractivity contribution is -0.136. The van der Waals surface area contributed by atoms with Crippen LogP contribution in [0.5, 0.6) is 5.75 Å². The topological polar surface area (TPSA) is 59.3 Å². The van der Waals surface area contributed by atoms with Gasteiger partial charge in [-0.05, 0) is 57.4 Å². The number of halogens is 5. The summed E-state index contributed by atoms with van der Waals surface area (Å²) >= 11 is 0. The molecule has 1 fully saturated rings. The number of aromatic nitrogens is 2. The Morgan fingerprint density at radius 1 is 1.18 bits per heavy atom. The van der Waals surface area contributed by atoms with E-state index in [9.17, 15) is 27.1 Å². The number of rotatable bonds is 5. The molecule has 5 nitrogen and oxygen atoms in total. The van der Waals surface area contributed by atoms with Gasteiger partial charge in [0.25, 0.3) is 0 Å². The molecular formula is C24H26F5N3O2. The van der Waals surface area contributed by atoms with E-state index in [1.165, 1.54) is 23.0 Å². The van der Waals surface area contributed by atoms with Crippen LogP contribution in [-0.4, -0.2) is 33.3 Å². The number of hydrogen-bond acceptors (Lipinski definition) is 4. The van der Waals surface area contributed by atoms with E-state index in [2.05, 4.69) is 10.3 Å². The molecule has 2 aromatic carbocycles. The average molecular weight is 483 g/mol. The number of ether oxygens (including phenoxy) is 1. The van der Waals surface area contributed by atoms with Gasteiger partial charge in [-0.1, -0.05) is 6.07 Å². The van der Waals surface area contributed by atoms with Crippen LogP contribution < -0.4 is 10.1 Å². The summed E-state index contributed by atoms with van der Waals surface area (Å²) in [5.74, 6) is -2.06. The number of imidazole rings is 1. The third kappa shape index (κ3) is 4.74. The van der Waals surface area contributed by atoms with Gasteiger partial charge in [0.05, 0.1) is 28.5 Å². The van der Waals surface area contributed by atoms with Crippen LogP contribution in [0.25, 0.3) is 11.0 Å². The van der Waals surface area contributed by atoms with Gasteiger partial charge >= 0.3 is 6.18 Å². The molecule has 0 radical (unpaired) electrons. The minimum atomic E-state index is -4.60. The van der Waals surface area contributed by atoms with Gasteiger partial charge in [-0.3, -0.25) is 0 Å². The molecule has 0 spiro atoms. The Kier molecular flexibility index (Phi) is 6.32. The van der Waals surface area contributed by atoms with E-state index in [1.54, 1.807) is 13.8 Å². The molecular weight excluding hydrogens is 457 g/mol. The highest BCUT2D eigenvalue weighted by atomic mass is 19.4. The van der Waals surface area contributed by atoms with Crippen LogP contribution in [0.4, 0.5) is 22.0 Å². The standard InChI is InChI=1S/C24H26F5N3O2/c1-13(2)32-12-30-21-8-17(7-18(22(21)32)24(27,28)29)34-11-16-10-23(33,9-14(3)31-16)15-4-5-19(25)20(26)6-15/h4-8,12-14,16,31,33H,9-11H2,1-3H3. The van der Waals surface area contributed by atoms with Gasteiger partial charge in [-0.15, -0.1) is 0 Å². The molecule has 3 atom stereocenters. The Bertz CT molecular complexity index is 1190. The molecule has 0 amide bonds. The van der Waals surface area contributed by atoms with E-state index in [0.29, 0.717) is 0 Å². The lowest BCUT2D eigenvalue weighted by Crippen LogP contribution is -2.53. The van der Waals surface area contributed by atoms with Crippen LogP contribution in [0.15, 0.2) is 36.7 Å². The highest BCUT2D eigenvalue weighted by Gasteiger charge is 2.40. The first kappa shape index (κ1) is 24.4. The van der Waals surface area contributed by atoms with Crippen molar-refractivity contribution in [3.05, 3.63) is 59.4 Å². The number of hydrogen-bond donors (Lipinski definition) is 2. The van der Waals surface area contributed by atoms with Gasteiger partial charge in [-0.2, -0.15) is 13.2 Å². The Balaban J connectivity index is 1.58. The zero-order chi connectivity index (χ0) is 24.8. The molecule has 3 aromatic rings. The average Bonchev–Trinajstić information content (AvgIpc) is 3.16. The fourth-order valence-electron chi connectivity index (χ4n) is 4.68. The van der Waals surface area contributed by atoms with Crippen LogP contribution in [0.3, 0.4) is 0 Å². The predicted molar refractivity (Wildman–Crippen MR) is 116 cm³/mol. The maximum atomic E-state index is 13.8. The second-order valence-corrected chi connectivity index (χ2v) is 9.23. The SMILES string of the molecule is CC1CC(O)(c2ccc(F)c(F)c2)CC(COc2cc(C(F)(F)F)c3c(c2)ncn3C(C)C)N1. The summed E-state index contributed by atoms with van der Waals surface area (Å²) in [6.07, 6.45) is -2.86. The summed E-state index contributed by atoms with van der Waals surface area (Å²) in [4.78, 5) is 4.12. The minimum Gasteiger partial charge on any atom is -0.492 e. The molecule has 1 aromatic heterocycles. The van der Waals surface area contributed by atoms with Gasteiger partial charge in [0.15, 0.2) is 11.6 Å². The van der Waals surface area contributed by atoms with Gasteiger partial charge in [0.2, 0.25) is 0 Å². The second-order valence-electron chi connectivity index (χ2n) is 9.23. The summed E-state index contributed by atoms with van der Waals surface area (Å²) in [6, 6.07) is 4.83. The minimum absolute atomic E-state index is 0.00484. The Hall–Kier alpha value is -2.72. The second kappa shape index (κ2) is 8.81. The molecule has 1 saturated heterocycles. The number of nitrogens with zero attached hydrogens (tertiary/aromatic N) is 2. The van der Waals surface area contributed by atoms with Gasteiger partial charge in [0, 0.05) is 24.2 Å². The Morgan fingerprint density at radius 3 is 2.56 bits per heavy atom. The van der Waals surface area contributed by atoms with E-state index in [1.807, 2.05) is 6.92 Å². The third-order valence-corrected chi connectivity index (χ3v) is 6.16. The predicted octanol–water partition coefficient (Wildman–Crippen LogP) is 5.32. The van der Waals surface area contributed by atoms with Gasteiger partial charge < -0.3 is 19.7 Å². The van der Waals surface area contributed by atoms with Gasteiger partial charge in [-0.25, -0.2) is 13.8 Å². The molecule has 4 rings (SSSR count). The number of piperidine rings is 1. The summed E-state index contributed by atoms with van der Waals surface area (Å²) in [7, 11) is 0. The highest BCUT2D eigenvalue weighted by molar-refractivity contribution is 5.81. The zero-order valence-electron chi connectivity index (χ0n) is 19.0. The molecule has 2 heterocycles. The first-order chi connectivity index (χ1) is 15.9. The molecule has 0 saturated carbocycles. The molecule has 0 aliphatic carbocycles. The number of alkyl halides is 3. The molecule has 0 bridgehead atoms. The van der Waals surface area contributed by atoms with Crippen molar-refractivity contribution in [2.24, 2.45) is 0 Å². The smallest absolute Gasteiger partial charge is 0.418 e. The van der Waals surface area contributed by atoms with Crippen LogP contribution in [-0.2, 0) is 11.8 Å². The number of fused-ring (bicyclic) bond motifs is 1. The third-order valence-electron chi connectivity index (χ3n) is 6.16. The highest BCUT2D eigenvalue weighted by Crippen LogP contribution is 2.39. The van der Waals surface area contributed by atoms with Crippen LogP contribution in [0.1, 0.15) is 50.8 Å². The van der Waals surface area contributed by atoms with Crippen LogP contribution in [0.2, 0.25) is 0 Å². The molecule has 184 valence electrons. The van der Waals surface area contributed by atoms with E-state index in [-0.39, 0.29) is 53.9 Å². The van der Waals surface area contributed by atoms with E-state index < -0.39 is 35.0 Å². The maximum absolute atomic E-state index is 13.8. The molecule has 34 heavy (non-hydrogen) atoms. The molecule has 2 N–H and O–H groups in total. The van der Waals surface area contributed by atoms with Crippen molar-refractivity contribution in [1.29, 1.82) is 0 Å². The molecule has 1 aliphatic rings. The quantitative estimate of drug-likeness (QED) is 0.483. The number of benzene rings is 2. The van der Waals surface area contributed by atoms with Crippen LogP contribution in [0, 0.1) is 11.6 Å². The monoisotopic (exact) mass is 483 g/mol. The van der Waals surface area contributed by atoms with Crippen molar-refractivity contribution >= 4 is 11.0 Å². The van der Waals surface area contributed by atoms with Gasteiger partial charge in [0.1, 0.15) is 12.4 Å². The van der Waals surface area contributed by atoms with E-state index in [0.717, 1.165) is 18.2 Å². The first-order valence-corrected chi connectivity index (χ1v) is 11.0. The van der Waals surface area contributed by atoms with E-state index >= 15 is 0 Å². The Labute approximate surface area is 193 Å². The molecule has 3 unspecified atom stereocenters. The lowest BCUT2D eigenvalue weighted by Gasteiger charge is -2.41. The van der Waals surface area contributed by atoms with Crippen molar-refractivity contribution in [2.75, 3.05) is 6.61 Å². The summed E-state index contributed by atoms with van der Waals surface area (Å²) < 4.78 is 75.7. The summed E-state index contributed by atoms with van der Waals surface area (Å²) in [6.45, 7) is 5.33.